The van der Waals surface area contributed by atoms with Crippen molar-refractivity contribution in [2.45, 2.75) is 32.4 Å². The predicted molar refractivity (Wildman–Crippen MR) is 96.6 cm³/mol. The van der Waals surface area contributed by atoms with E-state index in [1.165, 1.54) is 0 Å². The SMILES string of the molecule is CCOC(=O)N1CCC(Nc2cnnc(NCc3cccnc3)n2)CC1. The van der Waals surface area contributed by atoms with Gasteiger partial charge in [0, 0.05) is 38.1 Å². The minimum atomic E-state index is -0.239. The van der Waals surface area contributed by atoms with Crippen LogP contribution in [0, 0.1) is 0 Å². The van der Waals surface area contributed by atoms with Crippen molar-refractivity contribution >= 4 is 17.9 Å². The molecule has 9 nitrogen and oxygen atoms in total. The molecule has 0 radical (unpaired) electrons. The molecule has 1 saturated heterocycles. The molecule has 1 aliphatic rings. The Hall–Kier alpha value is -2.97. The van der Waals surface area contributed by atoms with E-state index in [0.717, 1.165) is 18.4 Å². The number of ether oxygens (including phenoxy) is 1. The van der Waals surface area contributed by atoms with Gasteiger partial charge in [0.15, 0.2) is 5.82 Å². The zero-order valence-electron chi connectivity index (χ0n) is 14.8. The topological polar surface area (TPSA) is 105 Å². The number of rotatable bonds is 6. The first kappa shape index (κ1) is 17.8. The predicted octanol–water partition coefficient (Wildman–Crippen LogP) is 1.91. The Labute approximate surface area is 152 Å². The zero-order valence-corrected chi connectivity index (χ0v) is 14.8. The average Bonchev–Trinajstić information content (AvgIpc) is 2.68. The number of carbonyl (C=O) groups is 1. The number of piperidine rings is 1. The first-order chi connectivity index (χ1) is 12.7. The summed E-state index contributed by atoms with van der Waals surface area (Å²) in [5.41, 5.74) is 1.04. The Morgan fingerprint density at radius 3 is 2.92 bits per heavy atom. The number of nitrogens with one attached hydrogen (secondary N) is 2. The fourth-order valence-electron chi connectivity index (χ4n) is 2.76. The van der Waals surface area contributed by atoms with E-state index in [1.54, 1.807) is 23.5 Å². The van der Waals surface area contributed by atoms with Crippen LogP contribution in [0.3, 0.4) is 0 Å². The van der Waals surface area contributed by atoms with E-state index in [-0.39, 0.29) is 12.1 Å². The van der Waals surface area contributed by atoms with Gasteiger partial charge in [-0.1, -0.05) is 6.07 Å². The summed E-state index contributed by atoms with van der Waals surface area (Å²) in [6, 6.07) is 4.10. The third-order valence-corrected chi connectivity index (χ3v) is 4.11. The van der Waals surface area contributed by atoms with E-state index in [9.17, 15) is 4.79 Å². The third kappa shape index (κ3) is 5.01. The minimum absolute atomic E-state index is 0.239. The summed E-state index contributed by atoms with van der Waals surface area (Å²) in [4.78, 5) is 22.0. The van der Waals surface area contributed by atoms with Crippen LogP contribution < -0.4 is 10.6 Å². The number of anilines is 2. The quantitative estimate of drug-likeness (QED) is 0.808. The summed E-state index contributed by atoms with van der Waals surface area (Å²) in [5, 5.41) is 14.5. The van der Waals surface area contributed by atoms with Crippen molar-refractivity contribution in [1.82, 2.24) is 25.1 Å². The second kappa shape index (κ2) is 8.93. The molecule has 9 heteroatoms. The summed E-state index contributed by atoms with van der Waals surface area (Å²) < 4.78 is 5.04. The smallest absolute Gasteiger partial charge is 0.409 e. The molecule has 0 aliphatic carbocycles. The van der Waals surface area contributed by atoms with Gasteiger partial charge in [0.2, 0.25) is 5.95 Å². The maximum absolute atomic E-state index is 11.7. The summed E-state index contributed by atoms with van der Waals surface area (Å²) in [5.74, 6) is 1.13. The van der Waals surface area contributed by atoms with Crippen LogP contribution in [0.4, 0.5) is 16.6 Å². The molecule has 2 N–H and O–H groups in total. The largest absolute Gasteiger partial charge is 0.450 e. The van der Waals surface area contributed by atoms with E-state index < -0.39 is 0 Å². The summed E-state index contributed by atoms with van der Waals surface area (Å²) in [6.07, 6.45) is 6.56. The van der Waals surface area contributed by atoms with Gasteiger partial charge >= 0.3 is 6.09 Å². The number of aromatic nitrogens is 4. The highest BCUT2D eigenvalue weighted by Gasteiger charge is 2.23. The Morgan fingerprint density at radius 2 is 2.19 bits per heavy atom. The molecule has 1 fully saturated rings. The van der Waals surface area contributed by atoms with Gasteiger partial charge in [-0.3, -0.25) is 4.98 Å². The van der Waals surface area contributed by atoms with E-state index >= 15 is 0 Å². The summed E-state index contributed by atoms with van der Waals surface area (Å²) in [6.45, 7) is 4.13. The van der Waals surface area contributed by atoms with E-state index in [4.69, 9.17) is 4.74 Å². The van der Waals surface area contributed by atoms with Crippen LogP contribution in [-0.4, -0.2) is 56.9 Å². The average molecular weight is 357 g/mol. The molecule has 0 saturated carbocycles. The second-order valence-electron chi connectivity index (χ2n) is 5.98. The molecule has 0 atom stereocenters. The summed E-state index contributed by atoms with van der Waals surface area (Å²) in [7, 11) is 0. The first-order valence-electron chi connectivity index (χ1n) is 8.75. The van der Waals surface area contributed by atoms with Gasteiger partial charge in [-0.2, -0.15) is 10.1 Å². The number of hydrogen-bond acceptors (Lipinski definition) is 8. The van der Waals surface area contributed by atoms with Gasteiger partial charge < -0.3 is 20.3 Å². The van der Waals surface area contributed by atoms with E-state index in [1.807, 2.05) is 19.1 Å². The van der Waals surface area contributed by atoms with Crippen molar-refractivity contribution in [3.63, 3.8) is 0 Å². The highest BCUT2D eigenvalue weighted by molar-refractivity contribution is 5.67. The van der Waals surface area contributed by atoms with Crippen molar-refractivity contribution in [3.8, 4) is 0 Å². The van der Waals surface area contributed by atoms with Crippen LogP contribution in [0.15, 0.2) is 30.7 Å². The molecule has 0 spiro atoms. The Balaban J connectivity index is 1.49. The second-order valence-corrected chi connectivity index (χ2v) is 5.98. The van der Waals surface area contributed by atoms with Gasteiger partial charge in [-0.25, -0.2) is 4.79 Å². The fourth-order valence-corrected chi connectivity index (χ4v) is 2.76. The first-order valence-corrected chi connectivity index (χ1v) is 8.75. The molecular formula is C17H23N7O2. The van der Waals surface area contributed by atoms with Gasteiger partial charge in [-0.05, 0) is 31.4 Å². The molecule has 0 bridgehead atoms. The van der Waals surface area contributed by atoms with Crippen molar-refractivity contribution in [1.29, 1.82) is 0 Å². The third-order valence-electron chi connectivity index (χ3n) is 4.11. The van der Waals surface area contributed by atoms with Crippen LogP contribution in [-0.2, 0) is 11.3 Å². The van der Waals surface area contributed by atoms with Crippen molar-refractivity contribution in [2.75, 3.05) is 30.3 Å². The van der Waals surface area contributed by atoms with Crippen molar-refractivity contribution in [2.24, 2.45) is 0 Å². The molecule has 2 aromatic heterocycles. The number of carbonyl (C=O) groups excluding carboxylic acids is 1. The highest BCUT2D eigenvalue weighted by atomic mass is 16.6. The molecule has 3 heterocycles. The van der Waals surface area contributed by atoms with Crippen LogP contribution in [0.2, 0.25) is 0 Å². The van der Waals surface area contributed by atoms with Gasteiger partial charge in [0.25, 0.3) is 0 Å². The number of pyridine rings is 1. The number of likely N-dealkylation sites (tertiary alicyclic amines) is 1. The van der Waals surface area contributed by atoms with Gasteiger partial charge in [0.05, 0.1) is 12.8 Å². The number of amides is 1. The lowest BCUT2D eigenvalue weighted by Gasteiger charge is -2.31. The van der Waals surface area contributed by atoms with Crippen LogP contribution >= 0.6 is 0 Å². The molecule has 0 unspecified atom stereocenters. The monoisotopic (exact) mass is 357 g/mol. The van der Waals surface area contributed by atoms with E-state index in [0.29, 0.717) is 38.0 Å². The lowest BCUT2D eigenvalue weighted by atomic mass is 10.1. The number of hydrogen-bond donors (Lipinski definition) is 2. The lowest BCUT2D eigenvalue weighted by Crippen LogP contribution is -2.42. The lowest BCUT2D eigenvalue weighted by molar-refractivity contribution is 0.0983. The van der Waals surface area contributed by atoms with Crippen molar-refractivity contribution in [3.05, 3.63) is 36.3 Å². The van der Waals surface area contributed by atoms with Gasteiger partial charge in [-0.15, -0.1) is 5.10 Å². The van der Waals surface area contributed by atoms with Gasteiger partial charge in [0.1, 0.15) is 0 Å². The molecule has 0 aromatic carbocycles. The molecule has 1 amide bonds. The molecular weight excluding hydrogens is 334 g/mol. The normalized spacial score (nSPS) is 14.7. The van der Waals surface area contributed by atoms with Crippen LogP contribution in [0.25, 0.3) is 0 Å². The maximum Gasteiger partial charge on any atom is 0.409 e. The standard InChI is InChI=1S/C17H23N7O2/c1-2-26-17(25)24-8-5-14(6-9-24)21-15-12-20-23-16(22-15)19-11-13-4-3-7-18-10-13/h3-4,7,10,12,14H,2,5-6,8-9,11H2,1H3,(H2,19,21,22,23). The molecule has 3 rings (SSSR count). The van der Waals surface area contributed by atoms with Crippen molar-refractivity contribution < 1.29 is 9.53 Å². The Bertz CT molecular complexity index is 705. The summed E-state index contributed by atoms with van der Waals surface area (Å²) >= 11 is 0. The number of nitrogens with zero attached hydrogens (tertiary/aromatic N) is 5. The Morgan fingerprint density at radius 1 is 1.35 bits per heavy atom. The molecule has 26 heavy (non-hydrogen) atoms. The van der Waals surface area contributed by atoms with E-state index in [2.05, 4.69) is 30.8 Å². The highest BCUT2D eigenvalue weighted by Crippen LogP contribution is 2.16. The maximum atomic E-state index is 11.7. The fraction of sp³-hybridized carbons (Fsp3) is 0.471. The Kier molecular flexibility index (Phi) is 6.13. The minimum Gasteiger partial charge on any atom is -0.450 e. The molecule has 1 aliphatic heterocycles. The molecule has 2 aromatic rings. The zero-order chi connectivity index (χ0) is 18.2. The van der Waals surface area contributed by atoms with Crippen LogP contribution in [0.5, 0.6) is 0 Å². The molecule has 138 valence electrons. The van der Waals surface area contributed by atoms with Crippen LogP contribution in [0.1, 0.15) is 25.3 Å².